The van der Waals surface area contributed by atoms with Crippen molar-refractivity contribution in [1.82, 2.24) is 0 Å². The average molecular weight is 342 g/mol. The lowest BCUT2D eigenvalue weighted by molar-refractivity contribution is -0.384. The number of nitro benzene ring substituents is 1. The molecule has 1 heterocycles. The average Bonchev–Trinajstić information content (AvgIpc) is 2.65. The van der Waals surface area contributed by atoms with Gasteiger partial charge in [0.25, 0.3) is 11.6 Å². The second-order valence-corrected chi connectivity index (χ2v) is 5.32. The van der Waals surface area contributed by atoms with Crippen LogP contribution in [0.15, 0.2) is 48.5 Å². The molecule has 8 heteroatoms. The van der Waals surface area contributed by atoms with E-state index in [9.17, 15) is 19.7 Å². The maximum absolute atomic E-state index is 12.8. The van der Waals surface area contributed by atoms with Gasteiger partial charge in [-0.2, -0.15) is 0 Å². The number of methoxy groups -OCH3 is 1. The minimum absolute atomic E-state index is 0.0144. The largest absolute Gasteiger partial charge is 0.475 e. The van der Waals surface area contributed by atoms with E-state index in [2.05, 4.69) is 0 Å². The number of ether oxygens (including phenoxy) is 2. The van der Waals surface area contributed by atoms with Crippen molar-refractivity contribution in [2.45, 2.75) is 6.10 Å². The standard InChI is InChI=1S/C17H14N2O6/c1-24-17(21)15-10-18(13-4-2-3-5-14(13)25-15)16(20)11-6-8-12(9-7-11)19(22)23/h2-9,15H,10H2,1H3/t15-/m1/s1. The Hall–Kier alpha value is -3.42. The molecule has 2 aromatic rings. The van der Waals surface area contributed by atoms with Crippen molar-refractivity contribution < 1.29 is 24.0 Å². The van der Waals surface area contributed by atoms with E-state index in [0.717, 1.165) is 0 Å². The molecule has 1 amide bonds. The van der Waals surface area contributed by atoms with Gasteiger partial charge in [0.05, 0.1) is 24.3 Å². The topological polar surface area (TPSA) is 99.0 Å². The lowest BCUT2D eigenvalue weighted by Gasteiger charge is -2.33. The highest BCUT2D eigenvalue weighted by atomic mass is 16.6. The van der Waals surface area contributed by atoms with Crippen LogP contribution < -0.4 is 9.64 Å². The first-order valence-corrected chi connectivity index (χ1v) is 7.41. The van der Waals surface area contributed by atoms with Crippen LogP contribution in [0.1, 0.15) is 10.4 Å². The lowest BCUT2D eigenvalue weighted by atomic mass is 10.1. The molecular weight excluding hydrogens is 328 g/mol. The Kier molecular flexibility index (Phi) is 4.34. The number of hydrogen-bond acceptors (Lipinski definition) is 6. The third-order valence-electron chi connectivity index (χ3n) is 3.81. The summed E-state index contributed by atoms with van der Waals surface area (Å²) in [4.78, 5) is 36.3. The van der Waals surface area contributed by atoms with E-state index in [1.165, 1.54) is 36.3 Å². The molecule has 8 nitrogen and oxygen atoms in total. The first kappa shape index (κ1) is 16.4. The third-order valence-corrected chi connectivity index (χ3v) is 3.81. The number of benzene rings is 2. The smallest absolute Gasteiger partial charge is 0.348 e. The van der Waals surface area contributed by atoms with Gasteiger partial charge in [0.2, 0.25) is 6.10 Å². The molecule has 1 atom stereocenters. The van der Waals surface area contributed by atoms with Crippen molar-refractivity contribution in [3.8, 4) is 5.75 Å². The van der Waals surface area contributed by atoms with Crippen molar-refractivity contribution in [2.75, 3.05) is 18.6 Å². The summed E-state index contributed by atoms with van der Waals surface area (Å²) in [6.07, 6.45) is -0.943. The quantitative estimate of drug-likeness (QED) is 0.481. The summed E-state index contributed by atoms with van der Waals surface area (Å²) in [6, 6.07) is 12.1. The fraction of sp³-hybridized carbons (Fsp3) is 0.176. The van der Waals surface area contributed by atoms with Gasteiger partial charge < -0.3 is 14.4 Å². The van der Waals surface area contributed by atoms with E-state index in [1.54, 1.807) is 24.3 Å². The number of carbonyl (C=O) groups excluding carboxylic acids is 2. The molecule has 0 radical (unpaired) electrons. The Bertz CT molecular complexity index is 833. The van der Waals surface area contributed by atoms with Crippen molar-refractivity contribution in [1.29, 1.82) is 0 Å². The molecule has 0 spiro atoms. The molecule has 0 N–H and O–H groups in total. The molecule has 2 aromatic carbocycles. The summed E-state index contributed by atoms with van der Waals surface area (Å²) in [6.45, 7) is -0.0144. The SMILES string of the molecule is COC(=O)[C@H]1CN(C(=O)c2ccc([N+](=O)[O-])cc2)c2ccccc2O1. The number of nitrogens with zero attached hydrogens (tertiary/aromatic N) is 2. The van der Waals surface area contributed by atoms with Crippen LogP contribution in [0.3, 0.4) is 0 Å². The Morgan fingerprint density at radius 3 is 2.52 bits per heavy atom. The molecule has 1 aliphatic rings. The zero-order valence-electron chi connectivity index (χ0n) is 13.2. The van der Waals surface area contributed by atoms with Crippen LogP contribution in [0.4, 0.5) is 11.4 Å². The van der Waals surface area contributed by atoms with Gasteiger partial charge in [-0.25, -0.2) is 4.79 Å². The molecule has 0 saturated heterocycles. The Balaban J connectivity index is 1.94. The summed E-state index contributed by atoms with van der Waals surface area (Å²) >= 11 is 0. The summed E-state index contributed by atoms with van der Waals surface area (Å²) < 4.78 is 10.3. The van der Waals surface area contributed by atoms with Crippen molar-refractivity contribution in [3.63, 3.8) is 0 Å². The number of anilines is 1. The van der Waals surface area contributed by atoms with Crippen molar-refractivity contribution >= 4 is 23.3 Å². The van der Waals surface area contributed by atoms with Crippen molar-refractivity contribution in [3.05, 3.63) is 64.2 Å². The summed E-state index contributed by atoms with van der Waals surface area (Å²) in [5.74, 6) is -0.588. The predicted molar refractivity (Wildman–Crippen MR) is 87.6 cm³/mol. The normalized spacial score (nSPS) is 15.7. The minimum Gasteiger partial charge on any atom is -0.475 e. The van der Waals surface area contributed by atoms with E-state index in [0.29, 0.717) is 11.4 Å². The zero-order valence-corrected chi connectivity index (χ0v) is 13.2. The number of fused-ring (bicyclic) bond motifs is 1. The zero-order chi connectivity index (χ0) is 18.0. The minimum atomic E-state index is -0.943. The van der Waals surface area contributed by atoms with E-state index >= 15 is 0 Å². The van der Waals surface area contributed by atoms with Crippen LogP contribution >= 0.6 is 0 Å². The van der Waals surface area contributed by atoms with E-state index in [4.69, 9.17) is 9.47 Å². The number of rotatable bonds is 3. The van der Waals surface area contributed by atoms with Gasteiger partial charge >= 0.3 is 5.97 Å². The monoisotopic (exact) mass is 342 g/mol. The van der Waals surface area contributed by atoms with Crippen LogP contribution in [-0.2, 0) is 9.53 Å². The fourth-order valence-electron chi connectivity index (χ4n) is 2.56. The predicted octanol–water partition coefficient (Wildman–Crippen LogP) is 2.18. The van der Waals surface area contributed by atoms with Gasteiger partial charge in [-0.05, 0) is 24.3 Å². The molecular formula is C17H14N2O6. The molecule has 0 bridgehead atoms. The number of carbonyl (C=O) groups is 2. The molecule has 0 aliphatic carbocycles. The van der Waals surface area contributed by atoms with Gasteiger partial charge in [0, 0.05) is 17.7 Å². The first-order valence-electron chi connectivity index (χ1n) is 7.41. The number of nitro groups is 1. The Morgan fingerprint density at radius 2 is 1.88 bits per heavy atom. The highest BCUT2D eigenvalue weighted by Gasteiger charge is 2.34. The van der Waals surface area contributed by atoms with Crippen LogP contribution in [0, 0.1) is 10.1 Å². The van der Waals surface area contributed by atoms with Gasteiger partial charge in [-0.15, -0.1) is 0 Å². The fourth-order valence-corrected chi connectivity index (χ4v) is 2.56. The molecule has 128 valence electrons. The maximum atomic E-state index is 12.8. The third kappa shape index (κ3) is 3.14. The van der Waals surface area contributed by atoms with E-state index < -0.39 is 17.0 Å². The van der Waals surface area contributed by atoms with Gasteiger partial charge in [-0.1, -0.05) is 12.1 Å². The molecule has 3 rings (SSSR count). The van der Waals surface area contributed by atoms with Crippen LogP contribution in [0.5, 0.6) is 5.75 Å². The molecule has 1 aliphatic heterocycles. The van der Waals surface area contributed by atoms with E-state index in [-0.39, 0.29) is 23.7 Å². The second-order valence-electron chi connectivity index (χ2n) is 5.32. The number of non-ortho nitro benzene ring substituents is 1. The lowest BCUT2D eigenvalue weighted by Crippen LogP contribution is -2.47. The number of amides is 1. The summed E-state index contributed by atoms with van der Waals surface area (Å²) in [5.41, 5.74) is 0.684. The molecule has 0 saturated carbocycles. The van der Waals surface area contributed by atoms with E-state index in [1.807, 2.05) is 0 Å². The molecule has 0 fully saturated rings. The van der Waals surface area contributed by atoms with Gasteiger partial charge in [0.1, 0.15) is 5.75 Å². The van der Waals surface area contributed by atoms with Crippen LogP contribution in [-0.4, -0.2) is 36.6 Å². The van der Waals surface area contributed by atoms with Crippen molar-refractivity contribution in [2.24, 2.45) is 0 Å². The second kappa shape index (κ2) is 6.60. The number of esters is 1. The van der Waals surface area contributed by atoms with Gasteiger partial charge in [0.15, 0.2) is 0 Å². The van der Waals surface area contributed by atoms with Crippen LogP contribution in [0.2, 0.25) is 0 Å². The van der Waals surface area contributed by atoms with Gasteiger partial charge in [-0.3, -0.25) is 14.9 Å². The number of para-hydroxylation sites is 2. The Labute approximate surface area is 142 Å². The maximum Gasteiger partial charge on any atom is 0.348 e. The highest BCUT2D eigenvalue weighted by molar-refractivity contribution is 6.07. The van der Waals surface area contributed by atoms with Crippen LogP contribution in [0.25, 0.3) is 0 Å². The molecule has 0 unspecified atom stereocenters. The first-order chi connectivity index (χ1) is 12.0. The summed E-state index contributed by atoms with van der Waals surface area (Å²) in [5, 5.41) is 10.7. The number of hydrogen-bond donors (Lipinski definition) is 0. The Morgan fingerprint density at radius 1 is 1.20 bits per heavy atom. The molecule has 0 aromatic heterocycles. The highest BCUT2D eigenvalue weighted by Crippen LogP contribution is 2.34. The molecule has 25 heavy (non-hydrogen) atoms. The summed E-state index contributed by atoms with van der Waals surface area (Å²) in [7, 11) is 1.24.